The van der Waals surface area contributed by atoms with Crippen molar-refractivity contribution in [1.29, 1.82) is 0 Å². The summed E-state index contributed by atoms with van der Waals surface area (Å²) in [6.45, 7) is 1.33. The lowest BCUT2D eigenvalue weighted by Crippen LogP contribution is -2.22. The van der Waals surface area contributed by atoms with E-state index in [2.05, 4.69) is 5.32 Å². The van der Waals surface area contributed by atoms with E-state index in [1.165, 1.54) is 6.08 Å². The first-order valence-electron chi connectivity index (χ1n) is 6.06. The van der Waals surface area contributed by atoms with E-state index in [1.54, 1.807) is 13.2 Å². The molecule has 3 N–H and O–H groups in total. The molecular weight excluding hydrogens is 228 g/mol. The Morgan fingerprint density at radius 3 is 3.00 bits per heavy atom. The smallest absolute Gasteiger partial charge is 0.243 e. The molecule has 4 heteroatoms. The number of methoxy groups -OCH3 is 1. The van der Waals surface area contributed by atoms with E-state index in [0.717, 1.165) is 24.2 Å². The first-order chi connectivity index (χ1) is 8.76. The third-order valence-electron chi connectivity index (χ3n) is 2.45. The van der Waals surface area contributed by atoms with Crippen molar-refractivity contribution in [1.82, 2.24) is 5.32 Å². The highest BCUT2D eigenvalue weighted by molar-refractivity contribution is 5.91. The van der Waals surface area contributed by atoms with E-state index in [0.29, 0.717) is 13.1 Å². The number of nitrogens with one attached hydrogen (secondary N) is 1. The Morgan fingerprint density at radius 2 is 2.28 bits per heavy atom. The lowest BCUT2D eigenvalue weighted by Gasteiger charge is -2.01. The van der Waals surface area contributed by atoms with E-state index < -0.39 is 0 Å². The molecule has 0 bridgehead atoms. The zero-order chi connectivity index (χ0) is 13.2. The SMILES string of the molecule is COc1cccc(/C=C/C(=O)NCCCCN)c1. The van der Waals surface area contributed by atoms with Crippen LogP contribution in [0.4, 0.5) is 0 Å². The van der Waals surface area contributed by atoms with Crippen molar-refractivity contribution >= 4 is 12.0 Å². The summed E-state index contributed by atoms with van der Waals surface area (Å²) < 4.78 is 5.11. The van der Waals surface area contributed by atoms with Gasteiger partial charge in [-0.3, -0.25) is 4.79 Å². The van der Waals surface area contributed by atoms with Gasteiger partial charge in [-0.2, -0.15) is 0 Å². The number of nitrogens with two attached hydrogens (primary N) is 1. The van der Waals surface area contributed by atoms with Crippen LogP contribution in [0.15, 0.2) is 30.3 Å². The fourth-order valence-corrected chi connectivity index (χ4v) is 1.46. The highest BCUT2D eigenvalue weighted by atomic mass is 16.5. The highest BCUT2D eigenvalue weighted by Gasteiger charge is 1.95. The van der Waals surface area contributed by atoms with Crippen molar-refractivity contribution < 1.29 is 9.53 Å². The minimum atomic E-state index is -0.0881. The largest absolute Gasteiger partial charge is 0.497 e. The minimum Gasteiger partial charge on any atom is -0.497 e. The fraction of sp³-hybridized carbons (Fsp3) is 0.357. The van der Waals surface area contributed by atoms with Crippen LogP contribution in [0, 0.1) is 0 Å². The minimum absolute atomic E-state index is 0.0881. The van der Waals surface area contributed by atoms with Gasteiger partial charge in [-0.1, -0.05) is 12.1 Å². The van der Waals surface area contributed by atoms with Gasteiger partial charge in [0.2, 0.25) is 5.91 Å². The van der Waals surface area contributed by atoms with E-state index in [-0.39, 0.29) is 5.91 Å². The molecule has 0 saturated heterocycles. The van der Waals surface area contributed by atoms with Crippen molar-refractivity contribution in [3.63, 3.8) is 0 Å². The monoisotopic (exact) mass is 248 g/mol. The summed E-state index contributed by atoms with van der Waals surface area (Å²) in [5.41, 5.74) is 6.31. The Balaban J connectivity index is 2.40. The second-order valence-corrected chi connectivity index (χ2v) is 3.90. The first kappa shape index (κ1) is 14.3. The van der Waals surface area contributed by atoms with Crippen LogP contribution in [0.1, 0.15) is 18.4 Å². The van der Waals surface area contributed by atoms with E-state index in [4.69, 9.17) is 10.5 Å². The number of hydrogen-bond acceptors (Lipinski definition) is 3. The Bertz CT molecular complexity index is 403. The molecule has 1 rings (SSSR count). The van der Waals surface area contributed by atoms with Crippen molar-refractivity contribution in [2.45, 2.75) is 12.8 Å². The Morgan fingerprint density at radius 1 is 1.44 bits per heavy atom. The molecular formula is C14H20N2O2. The standard InChI is InChI=1S/C14H20N2O2/c1-18-13-6-4-5-12(11-13)7-8-14(17)16-10-3-2-9-15/h4-8,11H,2-3,9-10,15H2,1H3,(H,16,17)/b8-7+. The van der Waals surface area contributed by atoms with Gasteiger partial charge in [0.25, 0.3) is 0 Å². The number of ether oxygens (including phenoxy) is 1. The van der Waals surface area contributed by atoms with Gasteiger partial charge in [0.05, 0.1) is 7.11 Å². The molecule has 0 aliphatic rings. The van der Waals surface area contributed by atoms with Gasteiger partial charge < -0.3 is 15.8 Å². The molecule has 1 aromatic rings. The Kier molecular flexibility index (Phi) is 6.58. The summed E-state index contributed by atoms with van der Waals surface area (Å²) in [4.78, 5) is 11.5. The predicted octanol–water partition coefficient (Wildman–Crippen LogP) is 1.56. The molecule has 0 atom stereocenters. The summed E-state index contributed by atoms with van der Waals surface area (Å²) in [7, 11) is 1.62. The van der Waals surface area contributed by atoms with Crippen LogP contribution in [0.25, 0.3) is 6.08 Å². The van der Waals surface area contributed by atoms with Crippen molar-refractivity contribution in [2.75, 3.05) is 20.2 Å². The zero-order valence-electron chi connectivity index (χ0n) is 10.7. The molecule has 0 spiro atoms. The van der Waals surface area contributed by atoms with Gasteiger partial charge in [0.15, 0.2) is 0 Å². The molecule has 98 valence electrons. The molecule has 4 nitrogen and oxygen atoms in total. The maximum atomic E-state index is 11.5. The van der Waals surface area contributed by atoms with E-state index >= 15 is 0 Å². The second-order valence-electron chi connectivity index (χ2n) is 3.90. The second kappa shape index (κ2) is 8.31. The maximum Gasteiger partial charge on any atom is 0.243 e. The van der Waals surface area contributed by atoms with Gasteiger partial charge in [-0.05, 0) is 43.2 Å². The summed E-state index contributed by atoms with van der Waals surface area (Å²) in [5.74, 6) is 0.690. The van der Waals surface area contributed by atoms with Gasteiger partial charge in [-0.15, -0.1) is 0 Å². The van der Waals surface area contributed by atoms with Crippen LogP contribution < -0.4 is 15.8 Å². The number of hydrogen-bond donors (Lipinski definition) is 2. The summed E-state index contributed by atoms with van der Waals surface area (Å²) in [6, 6.07) is 7.54. The van der Waals surface area contributed by atoms with Crippen molar-refractivity contribution in [3.05, 3.63) is 35.9 Å². The van der Waals surface area contributed by atoms with Gasteiger partial charge in [0.1, 0.15) is 5.75 Å². The van der Waals surface area contributed by atoms with E-state index in [1.807, 2.05) is 24.3 Å². The molecule has 0 fully saturated rings. The first-order valence-corrected chi connectivity index (χ1v) is 6.06. The average Bonchev–Trinajstić information content (AvgIpc) is 2.41. The molecule has 1 amide bonds. The van der Waals surface area contributed by atoms with Crippen LogP contribution in [0.3, 0.4) is 0 Å². The molecule has 0 unspecified atom stereocenters. The van der Waals surface area contributed by atoms with Gasteiger partial charge in [-0.25, -0.2) is 0 Å². The quantitative estimate of drug-likeness (QED) is 0.568. The number of rotatable bonds is 7. The molecule has 1 aromatic carbocycles. The molecule has 0 heterocycles. The summed E-state index contributed by atoms with van der Waals surface area (Å²) in [5, 5.41) is 2.80. The number of amides is 1. The third-order valence-corrected chi connectivity index (χ3v) is 2.45. The van der Waals surface area contributed by atoms with Crippen LogP contribution in [0.5, 0.6) is 5.75 Å². The van der Waals surface area contributed by atoms with Gasteiger partial charge >= 0.3 is 0 Å². The van der Waals surface area contributed by atoms with Crippen LogP contribution in [0.2, 0.25) is 0 Å². The number of benzene rings is 1. The van der Waals surface area contributed by atoms with Gasteiger partial charge in [0, 0.05) is 12.6 Å². The number of carbonyl (C=O) groups is 1. The lowest BCUT2D eigenvalue weighted by atomic mass is 10.2. The molecule has 0 radical (unpaired) electrons. The highest BCUT2D eigenvalue weighted by Crippen LogP contribution is 2.13. The van der Waals surface area contributed by atoms with Crippen LogP contribution in [-0.2, 0) is 4.79 Å². The van der Waals surface area contributed by atoms with Crippen LogP contribution in [-0.4, -0.2) is 26.1 Å². The average molecular weight is 248 g/mol. The van der Waals surface area contributed by atoms with Crippen molar-refractivity contribution in [2.24, 2.45) is 5.73 Å². The normalized spacial score (nSPS) is 10.6. The summed E-state index contributed by atoms with van der Waals surface area (Å²) >= 11 is 0. The maximum absolute atomic E-state index is 11.5. The fourth-order valence-electron chi connectivity index (χ4n) is 1.46. The summed E-state index contributed by atoms with van der Waals surface area (Å²) in [6.07, 6.45) is 5.13. The van der Waals surface area contributed by atoms with Crippen LogP contribution >= 0.6 is 0 Å². The molecule has 18 heavy (non-hydrogen) atoms. The molecule has 0 saturated carbocycles. The topological polar surface area (TPSA) is 64.3 Å². The van der Waals surface area contributed by atoms with Crippen molar-refractivity contribution in [3.8, 4) is 5.75 Å². The number of unbranched alkanes of at least 4 members (excludes halogenated alkanes) is 1. The zero-order valence-corrected chi connectivity index (χ0v) is 10.7. The Hall–Kier alpha value is -1.81. The molecule has 0 aliphatic heterocycles. The molecule has 0 aliphatic carbocycles. The van der Waals surface area contributed by atoms with E-state index in [9.17, 15) is 4.79 Å². The lowest BCUT2D eigenvalue weighted by molar-refractivity contribution is -0.116. The predicted molar refractivity (Wildman–Crippen MR) is 73.3 cm³/mol. The third kappa shape index (κ3) is 5.50. The molecule has 0 aromatic heterocycles. The Labute approximate surface area is 108 Å². The number of carbonyl (C=O) groups excluding carboxylic acids is 1.